The second-order valence-electron chi connectivity index (χ2n) is 5.10. The molecule has 2 heterocycles. The topological polar surface area (TPSA) is 92.9 Å². The molecule has 0 fully saturated rings. The number of aromatic hydroxyl groups is 1. The quantitative estimate of drug-likeness (QED) is 0.774. The maximum atomic E-state index is 12.3. The Bertz CT molecular complexity index is 872. The van der Waals surface area contributed by atoms with Crippen molar-refractivity contribution in [2.75, 3.05) is 5.32 Å². The van der Waals surface area contributed by atoms with Gasteiger partial charge in [0.15, 0.2) is 17.3 Å². The molecule has 1 amide bonds. The second kappa shape index (κ2) is 5.88. The van der Waals surface area contributed by atoms with E-state index in [2.05, 4.69) is 20.6 Å². The number of anilines is 1. The van der Waals surface area contributed by atoms with Crippen molar-refractivity contribution in [2.24, 2.45) is 0 Å². The third-order valence-electron chi connectivity index (χ3n) is 3.37. The van der Waals surface area contributed by atoms with Gasteiger partial charge in [-0.3, -0.25) is 4.79 Å². The summed E-state index contributed by atoms with van der Waals surface area (Å²) in [6.45, 7) is 3.74. The van der Waals surface area contributed by atoms with Gasteiger partial charge >= 0.3 is 0 Å². The summed E-state index contributed by atoms with van der Waals surface area (Å²) in [4.78, 5) is 16.2. The number of nitrogens with zero attached hydrogens (tertiary/aromatic N) is 4. The van der Waals surface area contributed by atoms with Crippen LogP contribution in [-0.2, 0) is 0 Å². The van der Waals surface area contributed by atoms with Crippen LogP contribution in [0.25, 0.3) is 5.69 Å². The zero-order valence-corrected chi connectivity index (χ0v) is 12.7. The Morgan fingerprint density at radius 3 is 2.78 bits per heavy atom. The third kappa shape index (κ3) is 2.89. The van der Waals surface area contributed by atoms with Crippen molar-refractivity contribution >= 4 is 11.7 Å². The van der Waals surface area contributed by atoms with Crippen LogP contribution in [0, 0.1) is 13.8 Å². The lowest BCUT2D eigenvalue weighted by Crippen LogP contribution is -2.15. The standard InChI is InChI=1S/C16H15N5O2/c1-10-5-3-6-12(9-10)21-11(2)14(19-20-21)16(23)18-15-13(22)7-4-8-17-15/h3-9,22H,1-2H3,(H,17,18,23). The van der Waals surface area contributed by atoms with Crippen LogP contribution < -0.4 is 5.32 Å². The first-order valence-electron chi connectivity index (χ1n) is 7.01. The van der Waals surface area contributed by atoms with Crippen LogP contribution in [0.2, 0.25) is 0 Å². The lowest BCUT2D eigenvalue weighted by Gasteiger charge is -2.06. The van der Waals surface area contributed by atoms with Crippen molar-refractivity contribution in [1.29, 1.82) is 0 Å². The van der Waals surface area contributed by atoms with Gasteiger partial charge in [0.1, 0.15) is 0 Å². The molecule has 0 atom stereocenters. The molecule has 3 rings (SSSR count). The van der Waals surface area contributed by atoms with E-state index in [0.29, 0.717) is 5.69 Å². The molecule has 0 aliphatic heterocycles. The van der Waals surface area contributed by atoms with E-state index in [1.165, 1.54) is 12.3 Å². The molecule has 2 N–H and O–H groups in total. The number of carbonyl (C=O) groups is 1. The number of benzene rings is 1. The number of aromatic nitrogens is 4. The van der Waals surface area contributed by atoms with Crippen LogP contribution in [-0.4, -0.2) is 31.0 Å². The van der Waals surface area contributed by atoms with E-state index in [4.69, 9.17) is 0 Å². The van der Waals surface area contributed by atoms with Gasteiger partial charge < -0.3 is 10.4 Å². The van der Waals surface area contributed by atoms with Gasteiger partial charge in [-0.2, -0.15) is 0 Å². The lowest BCUT2D eigenvalue weighted by atomic mass is 10.2. The Morgan fingerprint density at radius 1 is 1.22 bits per heavy atom. The van der Waals surface area contributed by atoms with Gasteiger partial charge in [0.25, 0.3) is 5.91 Å². The van der Waals surface area contributed by atoms with Crippen molar-refractivity contribution in [2.45, 2.75) is 13.8 Å². The molecule has 7 nitrogen and oxygen atoms in total. The van der Waals surface area contributed by atoms with E-state index in [-0.39, 0.29) is 17.3 Å². The van der Waals surface area contributed by atoms with Crippen molar-refractivity contribution in [3.8, 4) is 11.4 Å². The average molecular weight is 309 g/mol. The van der Waals surface area contributed by atoms with Crippen molar-refractivity contribution in [1.82, 2.24) is 20.0 Å². The number of aryl methyl sites for hydroxylation is 1. The third-order valence-corrected chi connectivity index (χ3v) is 3.37. The van der Waals surface area contributed by atoms with Gasteiger partial charge in [0.2, 0.25) is 0 Å². The molecule has 0 saturated heterocycles. The zero-order chi connectivity index (χ0) is 16.4. The summed E-state index contributed by atoms with van der Waals surface area (Å²) >= 11 is 0. The summed E-state index contributed by atoms with van der Waals surface area (Å²) in [6.07, 6.45) is 1.48. The first-order valence-corrected chi connectivity index (χ1v) is 7.01. The predicted octanol–water partition coefficient (Wildman–Crippen LogP) is 2.24. The molecule has 7 heteroatoms. The largest absolute Gasteiger partial charge is 0.504 e. The summed E-state index contributed by atoms with van der Waals surface area (Å²) in [5.74, 6) is -0.498. The maximum absolute atomic E-state index is 12.3. The molecular formula is C16H15N5O2. The first kappa shape index (κ1) is 14.7. The van der Waals surface area contributed by atoms with Gasteiger partial charge in [-0.05, 0) is 43.7 Å². The van der Waals surface area contributed by atoms with Crippen LogP contribution >= 0.6 is 0 Å². The van der Waals surface area contributed by atoms with E-state index in [9.17, 15) is 9.90 Å². The van der Waals surface area contributed by atoms with Crippen molar-refractivity contribution in [3.63, 3.8) is 0 Å². The molecular weight excluding hydrogens is 294 g/mol. The molecule has 2 aromatic heterocycles. The van der Waals surface area contributed by atoms with Gasteiger partial charge in [0, 0.05) is 6.20 Å². The lowest BCUT2D eigenvalue weighted by molar-refractivity contribution is 0.102. The Kier molecular flexibility index (Phi) is 3.76. The minimum Gasteiger partial charge on any atom is -0.504 e. The van der Waals surface area contributed by atoms with Crippen LogP contribution in [0.15, 0.2) is 42.6 Å². The normalized spacial score (nSPS) is 10.5. The van der Waals surface area contributed by atoms with E-state index in [0.717, 1.165) is 11.3 Å². The highest BCUT2D eigenvalue weighted by Gasteiger charge is 2.18. The number of nitrogens with one attached hydrogen (secondary N) is 1. The smallest absolute Gasteiger partial charge is 0.279 e. The molecule has 0 bridgehead atoms. The summed E-state index contributed by atoms with van der Waals surface area (Å²) in [5.41, 5.74) is 2.69. The molecule has 0 aliphatic rings. The second-order valence-corrected chi connectivity index (χ2v) is 5.10. The van der Waals surface area contributed by atoms with Gasteiger partial charge in [-0.25, -0.2) is 9.67 Å². The minimum atomic E-state index is -0.476. The molecule has 0 aliphatic carbocycles. The highest BCUT2D eigenvalue weighted by atomic mass is 16.3. The first-order chi connectivity index (χ1) is 11.1. The van der Waals surface area contributed by atoms with Gasteiger partial charge in [-0.1, -0.05) is 17.3 Å². The summed E-state index contributed by atoms with van der Waals surface area (Å²) in [7, 11) is 0. The van der Waals surface area contributed by atoms with Crippen LogP contribution in [0.4, 0.5) is 5.82 Å². The number of pyridine rings is 1. The van der Waals surface area contributed by atoms with E-state index >= 15 is 0 Å². The Morgan fingerprint density at radius 2 is 2.04 bits per heavy atom. The minimum absolute atomic E-state index is 0.0852. The summed E-state index contributed by atoms with van der Waals surface area (Å²) < 4.78 is 1.60. The Labute approximate surface area is 132 Å². The number of rotatable bonds is 3. The zero-order valence-electron chi connectivity index (χ0n) is 12.7. The fraction of sp³-hybridized carbons (Fsp3) is 0.125. The average Bonchev–Trinajstić information content (AvgIpc) is 2.91. The molecule has 23 heavy (non-hydrogen) atoms. The van der Waals surface area contributed by atoms with Crippen LogP contribution in [0.3, 0.4) is 0 Å². The highest BCUT2D eigenvalue weighted by molar-refractivity contribution is 6.03. The predicted molar refractivity (Wildman–Crippen MR) is 84.7 cm³/mol. The molecule has 0 spiro atoms. The highest BCUT2D eigenvalue weighted by Crippen LogP contribution is 2.20. The fourth-order valence-corrected chi connectivity index (χ4v) is 2.20. The molecule has 3 aromatic rings. The summed E-state index contributed by atoms with van der Waals surface area (Å²) in [6, 6.07) is 10.8. The van der Waals surface area contributed by atoms with E-state index in [1.54, 1.807) is 17.7 Å². The SMILES string of the molecule is Cc1cccc(-n2nnc(C(=O)Nc3ncccc3O)c2C)c1. The number of carbonyl (C=O) groups excluding carboxylic acids is 1. The number of hydrogen-bond donors (Lipinski definition) is 2. The Hall–Kier alpha value is -3.22. The Balaban J connectivity index is 1.90. The van der Waals surface area contributed by atoms with Gasteiger partial charge in [0.05, 0.1) is 11.4 Å². The van der Waals surface area contributed by atoms with Crippen molar-refractivity contribution in [3.05, 3.63) is 59.5 Å². The molecule has 0 saturated carbocycles. The molecule has 1 aromatic carbocycles. The van der Waals surface area contributed by atoms with Gasteiger partial charge in [-0.15, -0.1) is 5.10 Å². The summed E-state index contributed by atoms with van der Waals surface area (Å²) in [5, 5.41) is 20.2. The molecule has 0 radical (unpaired) electrons. The number of hydrogen-bond acceptors (Lipinski definition) is 5. The van der Waals surface area contributed by atoms with E-state index < -0.39 is 5.91 Å². The van der Waals surface area contributed by atoms with E-state index in [1.807, 2.05) is 31.2 Å². The molecule has 0 unspecified atom stereocenters. The van der Waals surface area contributed by atoms with Crippen LogP contribution in [0.1, 0.15) is 21.7 Å². The van der Waals surface area contributed by atoms with Crippen LogP contribution in [0.5, 0.6) is 5.75 Å². The fourth-order valence-electron chi connectivity index (χ4n) is 2.20. The van der Waals surface area contributed by atoms with Crippen molar-refractivity contribution < 1.29 is 9.90 Å². The maximum Gasteiger partial charge on any atom is 0.279 e. The number of amides is 1. The monoisotopic (exact) mass is 309 g/mol. The molecule has 116 valence electrons.